The van der Waals surface area contributed by atoms with E-state index < -0.39 is 5.97 Å². The van der Waals surface area contributed by atoms with Crippen molar-refractivity contribution in [3.8, 4) is 5.75 Å². The van der Waals surface area contributed by atoms with E-state index in [4.69, 9.17) is 14.2 Å². The maximum Gasteiger partial charge on any atom is 0.337 e. The van der Waals surface area contributed by atoms with Gasteiger partial charge in [-0.15, -0.1) is 0 Å². The second-order valence-corrected chi connectivity index (χ2v) is 7.44. The SMILES string of the molecule is COC(=O)c1ccc2c(c1)OC(c1ccccc1)CN(C(=O)C1CCOCC1)C2. The summed E-state index contributed by atoms with van der Waals surface area (Å²) in [6.07, 6.45) is 1.19. The van der Waals surface area contributed by atoms with E-state index >= 15 is 0 Å². The summed E-state index contributed by atoms with van der Waals surface area (Å²) in [5, 5.41) is 0. The van der Waals surface area contributed by atoms with Gasteiger partial charge in [-0.25, -0.2) is 4.79 Å². The van der Waals surface area contributed by atoms with E-state index in [1.54, 1.807) is 12.1 Å². The molecule has 1 saturated heterocycles. The highest BCUT2D eigenvalue weighted by Gasteiger charge is 2.32. The van der Waals surface area contributed by atoms with Crippen LogP contribution in [-0.4, -0.2) is 43.6 Å². The van der Waals surface area contributed by atoms with Gasteiger partial charge < -0.3 is 19.1 Å². The van der Waals surface area contributed by atoms with Crippen LogP contribution >= 0.6 is 0 Å². The van der Waals surface area contributed by atoms with Crippen molar-refractivity contribution in [2.75, 3.05) is 26.9 Å². The number of hydrogen-bond acceptors (Lipinski definition) is 5. The van der Waals surface area contributed by atoms with E-state index in [2.05, 4.69) is 0 Å². The van der Waals surface area contributed by atoms with Gasteiger partial charge in [0, 0.05) is 31.2 Å². The molecule has 0 bridgehead atoms. The van der Waals surface area contributed by atoms with Gasteiger partial charge >= 0.3 is 5.97 Å². The highest BCUT2D eigenvalue weighted by atomic mass is 16.5. The van der Waals surface area contributed by atoms with Crippen molar-refractivity contribution in [3.05, 3.63) is 65.2 Å². The number of rotatable bonds is 3. The molecular weight excluding hydrogens is 370 g/mol. The van der Waals surface area contributed by atoms with Crippen molar-refractivity contribution in [2.24, 2.45) is 5.92 Å². The van der Waals surface area contributed by atoms with Gasteiger partial charge in [-0.1, -0.05) is 36.4 Å². The molecule has 0 spiro atoms. The molecule has 0 radical (unpaired) electrons. The number of esters is 1. The van der Waals surface area contributed by atoms with E-state index in [1.807, 2.05) is 41.3 Å². The average Bonchev–Trinajstić information content (AvgIpc) is 2.98. The first kappa shape index (κ1) is 19.5. The van der Waals surface area contributed by atoms with Crippen LogP contribution in [0.15, 0.2) is 48.5 Å². The smallest absolute Gasteiger partial charge is 0.337 e. The molecule has 2 aromatic carbocycles. The number of amides is 1. The Bertz CT molecular complexity index is 876. The van der Waals surface area contributed by atoms with Crippen molar-refractivity contribution in [2.45, 2.75) is 25.5 Å². The van der Waals surface area contributed by atoms with Crippen LogP contribution in [0.5, 0.6) is 5.75 Å². The Balaban J connectivity index is 1.67. The van der Waals surface area contributed by atoms with Crippen LogP contribution in [0, 0.1) is 5.92 Å². The fraction of sp³-hybridized carbons (Fsp3) is 0.391. The Morgan fingerprint density at radius 1 is 1.07 bits per heavy atom. The summed E-state index contributed by atoms with van der Waals surface area (Å²) in [6.45, 7) is 2.17. The average molecular weight is 395 g/mol. The zero-order chi connectivity index (χ0) is 20.2. The van der Waals surface area contributed by atoms with E-state index in [-0.39, 0.29) is 17.9 Å². The van der Waals surface area contributed by atoms with Gasteiger partial charge in [0.15, 0.2) is 0 Å². The van der Waals surface area contributed by atoms with Crippen LogP contribution < -0.4 is 4.74 Å². The quantitative estimate of drug-likeness (QED) is 0.746. The van der Waals surface area contributed by atoms with E-state index in [1.165, 1.54) is 7.11 Å². The van der Waals surface area contributed by atoms with Crippen LogP contribution in [-0.2, 0) is 20.8 Å². The van der Waals surface area contributed by atoms with Gasteiger partial charge in [-0.05, 0) is 30.5 Å². The second-order valence-electron chi connectivity index (χ2n) is 7.44. The molecule has 29 heavy (non-hydrogen) atoms. The summed E-state index contributed by atoms with van der Waals surface area (Å²) in [6, 6.07) is 15.1. The molecule has 0 N–H and O–H groups in total. The Labute approximate surface area is 170 Å². The lowest BCUT2D eigenvalue weighted by molar-refractivity contribution is -0.140. The molecule has 0 aliphatic carbocycles. The zero-order valence-corrected chi connectivity index (χ0v) is 16.5. The molecule has 6 heteroatoms. The molecule has 1 fully saturated rings. The largest absolute Gasteiger partial charge is 0.483 e. The number of carbonyl (C=O) groups excluding carboxylic acids is 2. The first-order chi connectivity index (χ1) is 14.2. The Kier molecular flexibility index (Phi) is 5.81. The maximum atomic E-state index is 13.3. The highest BCUT2D eigenvalue weighted by Crippen LogP contribution is 2.33. The van der Waals surface area contributed by atoms with Gasteiger partial charge in [0.1, 0.15) is 11.9 Å². The summed E-state index contributed by atoms with van der Waals surface area (Å²) < 4.78 is 16.6. The number of fused-ring (bicyclic) bond motifs is 1. The minimum absolute atomic E-state index is 0.0175. The first-order valence-electron chi connectivity index (χ1n) is 9.95. The second kappa shape index (κ2) is 8.66. The van der Waals surface area contributed by atoms with Gasteiger partial charge in [0.2, 0.25) is 5.91 Å². The molecule has 1 unspecified atom stereocenters. The minimum Gasteiger partial charge on any atom is -0.483 e. The molecule has 152 valence electrons. The maximum absolute atomic E-state index is 13.3. The van der Waals surface area contributed by atoms with Crippen LogP contribution in [0.4, 0.5) is 0 Å². The third-order valence-electron chi connectivity index (χ3n) is 5.56. The van der Waals surface area contributed by atoms with Crippen LogP contribution in [0.3, 0.4) is 0 Å². The molecule has 0 saturated carbocycles. The molecule has 4 rings (SSSR count). The van der Waals surface area contributed by atoms with Gasteiger partial charge in [0.25, 0.3) is 0 Å². The molecule has 2 aliphatic heterocycles. The molecule has 0 aromatic heterocycles. The fourth-order valence-corrected chi connectivity index (χ4v) is 3.91. The lowest BCUT2D eigenvalue weighted by Gasteiger charge is -2.30. The van der Waals surface area contributed by atoms with E-state index in [9.17, 15) is 9.59 Å². The predicted octanol–water partition coefficient (Wildman–Crippen LogP) is 3.36. The zero-order valence-electron chi connectivity index (χ0n) is 16.5. The standard InChI is InChI=1S/C23H25NO5/c1-27-23(26)18-7-8-19-14-24(22(25)17-9-11-28-12-10-17)15-21(29-20(19)13-18)16-5-3-2-4-6-16/h2-8,13,17,21H,9-12,14-15H2,1H3. The normalized spacial score (nSPS) is 19.6. The number of methoxy groups -OCH3 is 1. The van der Waals surface area contributed by atoms with E-state index in [0.717, 1.165) is 24.0 Å². The highest BCUT2D eigenvalue weighted by molar-refractivity contribution is 5.90. The van der Waals surface area contributed by atoms with Crippen molar-refractivity contribution >= 4 is 11.9 Å². The summed E-state index contributed by atoms with van der Waals surface area (Å²) in [7, 11) is 1.36. The summed E-state index contributed by atoms with van der Waals surface area (Å²) in [5.74, 6) is 0.329. The molecule has 2 aromatic rings. The monoisotopic (exact) mass is 395 g/mol. The number of benzene rings is 2. The van der Waals surface area contributed by atoms with Crippen molar-refractivity contribution < 1.29 is 23.8 Å². The number of carbonyl (C=O) groups is 2. The first-order valence-corrected chi connectivity index (χ1v) is 9.95. The Hall–Kier alpha value is -2.86. The van der Waals surface area contributed by atoms with Crippen molar-refractivity contribution in [1.82, 2.24) is 4.90 Å². The molecular formula is C23H25NO5. The molecule has 2 aliphatic rings. The third-order valence-corrected chi connectivity index (χ3v) is 5.56. The summed E-state index contributed by atoms with van der Waals surface area (Å²) in [5.41, 5.74) is 2.31. The van der Waals surface area contributed by atoms with Gasteiger partial charge in [-0.3, -0.25) is 4.79 Å². The lowest BCUT2D eigenvalue weighted by Crippen LogP contribution is -2.40. The lowest BCUT2D eigenvalue weighted by atomic mass is 9.98. The molecule has 6 nitrogen and oxygen atoms in total. The topological polar surface area (TPSA) is 65.1 Å². The number of ether oxygens (including phenoxy) is 3. The molecule has 1 atom stereocenters. The summed E-state index contributed by atoms with van der Waals surface area (Å²) in [4.78, 5) is 27.1. The molecule has 2 heterocycles. The minimum atomic E-state index is -0.410. The molecule has 1 amide bonds. The number of hydrogen-bond donors (Lipinski definition) is 0. The Morgan fingerprint density at radius 3 is 2.55 bits per heavy atom. The summed E-state index contributed by atoms with van der Waals surface area (Å²) >= 11 is 0. The van der Waals surface area contributed by atoms with Crippen LogP contribution in [0.25, 0.3) is 0 Å². The van der Waals surface area contributed by atoms with E-state index in [0.29, 0.717) is 37.6 Å². The third kappa shape index (κ3) is 4.27. The van der Waals surface area contributed by atoms with Crippen LogP contribution in [0.2, 0.25) is 0 Å². The van der Waals surface area contributed by atoms with Crippen molar-refractivity contribution in [1.29, 1.82) is 0 Å². The van der Waals surface area contributed by atoms with Crippen LogP contribution in [0.1, 0.15) is 40.4 Å². The van der Waals surface area contributed by atoms with Crippen molar-refractivity contribution in [3.63, 3.8) is 0 Å². The van der Waals surface area contributed by atoms with Gasteiger partial charge in [0.05, 0.1) is 19.2 Å². The number of nitrogens with zero attached hydrogens (tertiary/aromatic N) is 1. The fourth-order valence-electron chi connectivity index (χ4n) is 3.91. The predicted molar refractivity (Wildman–Crippen MR) is 107 cm³/mol. The van der Waals surface area contributed by atoms with Gasteiger partial charge in [-0.2, -0.15) is 0 Å². The Morgan fingerprint density at radius 2 is 1.83 bits per heavy atom.